The van der Waals surface area contributed by atoms with Crippen LogP contribution in [0.25, 0.3) is 11.0 Å². The van der Waals surface area contributed by atoms with Crippen LogP contribution in [-0.4, -0.2) is 55.9 Å². The molecule has 146 valence electrons. The number of benzene rings is 1. The van der Waals surface area contributed by atoms with Crippen molar-refractivity contribution in [1.82, 2.24) is 25.0 Å². The second kappa shape index (κ2) is 7.33. The van der Waals surface area contributed by atoms with E-state index in [0.29, 0.717) is 18.5 Å². The molecular formula is C21H25N5O2. The van der Waals surface area contributed by atoms with Crippen molar-refractivity contribution in [3.63, 3.8) is 0 Å². The summed E-state index contributed by atoms with van der Waals surface area (Å²) in [4.78, 5) is 19.1. The zero-order valence-electron chi connectivity index (χ0n) is 16.2. The van der Waals surface area contributed by atoms with Crippen LogP contribution in [0, 0.1) is 6.92 Å². The zero-order valence-corrected chi connectivity index (χ0v) is 16.2. The van der Waals surface area contributed by atoms with E-state index in [2.05, 4.69) is 32.4 Å². The van der Waals surface area contributed by atoms with Crippen molar-refractivity contribution < 1.29 is 9.90 Å². The number of hydrogen-bond acceptors (Lipinski definition) is 5. The van der Waals surface area contributed by atoms with Crippen molar-refractivity contribution in [1.29, 1.82) is 0 Å². The quantitative estimate of drug-likeness (QED) is 0.704. The highest BCUT2D eigenvalue weighted by Crippen LogP contribution is 2.23. The summed E-state index contributed by atoms with van der Waals surface area (Å²) in [5.41, 5.74) is 2.38. The molecule has 28 heavy (non-hydrogen) atoms. The fraction of sp³-hybridized carbons (Fsp3) is 0.381. The number of hydrogen-bond donors (Lipinski definition) is 2. The van der Waals surface area contributed by atoms with Crippen LogP contribution < -0.4 is 5.32 Å². The molecule has 1 fully saturated rings. The van der Waals surface area contributed by atoms with Gasteiger partial charge in [-0.25, -0.2) is 4.98 Å². The van der Waals surface area contributed by atoms with Gasteiger partial charge in [-0.15, -0.1) is 0 Å². The molecule has 2 N–H and O–H groups in total. The lowest BCUT2D eigenvalue weighted by atomic mass is 10.0. The van der Waals surface area contributed by atoms with E-state index >= 15 is 0 Å². The van der Waals surface area contributed by atoms with Crippen LogP contribution in [0.5, 0.6) is 0 Å². The lowest BCUT2D eigenvalue weighted by Gasteiger charge is -2.24. The molecule has 3 aromatic rings. The number of aryl methyl sites for hydroxylation is 2. The van der Waals surface area contributed by atoms with Crippen LogP contribution in [-0.2, 0) is 13.6 Å². The van der Waals surface area contributed by atoms with Crippen molar-refractivity contribution in [3.8, 4) is 0 Å². The summed E-state index contributed by atoms with van der Waals surface area (Å²) in [6.07, 6.45) is 2.19. The molecule has 1 aliphatic heterocycles. The average Bonchev–Trinajstić information content (AvgIpc) is 3.20. The van der Waals surface area contributed by atoms with E-state index < -0.39 is 5.60 Å². The molecular weight excluding hydrogens is 354 g/mol. The van der Waals surface area contributed by atoms with Crippen LogP contribution in [0.1, 0.15) is 28.0 Å². The van der Waals surface area contributed by atoms with E-state index in [1.165, 1.54) is 5.56 Å². The third-order valence-electron chi connectivity index (χ3n) is 5.36. The SMILES string of the molecule is Cc1nn(C)c2ncc(C(=O)NCC3(O)CCN(Cc4ccccc4)C3)cc12. The number of aliphatic hydroxyl groups is 1. The Morgan fingerprint density at radius 3 is 2.89 bits per heavy atom. The van der Waals surface area contributed by atoms with Crippen molar-refractivity contribution in [2.45, 2.75) is 25.5 Å². The van der Waals surface area contributed by atoms with E-state index in [1.54, 1.807) is 16.9 Å². The largest absolute Gasteiger partial charge is 0.387 e. The van der Waals surface area contributed by atoms with Crippen LogP contribution in [0.2, 0.25) is 0 Å². The number of aromatic nitrogens is 3. The van der Waals surface area contributed by atoms with Crippen LogP contribution in [0.3, 0.4) is 0 Å². The second-order valence-electron chi connectivity index (χ2n) is 7.66. The lowest BCUT2D eigenvalue weighted by molar-refractivity contribution is 0.0456. The van der Waals surface area contributed by atoms with E-state index in [4.69, 9.17) is 0 Å². The van der Waals surface area contributed by atoms with Crippen molar-refractivity contribution in [2.24, 2.45) is 7.05 Å². The van der Waals surface area contributed by atoms with Gasteiger partial charge in [0.1, 0.15) is 0 Å². The van der Waals surface area contributed by atoms with Gasteiger partial charge in [-0.3, -0.25) is 14.4 Å². The monoisotopic (exact) mass is 379 g/mol. The Morgan fingerprint density at radius 2 is 2.11 bits per heavy atom. The van der Waals surface area contributed by atoms with Gasteiger partial charge in [0.05, 0.1) is 16.9 Å². The molecule has 0 bridgehead atoms. The van der Waals surface area contributed by atoms with Gasteiger partial charge in [0.25, 0.3) is 5.91 Å². The zero-order chi connectivity index (χ0) is 19.7. The van der Waals surface area contributed by atoms with Gasteiger partial charge >= 0.3 is 0 Å². The molecule has 0 spiro atoms. The van der Waals surface area contributed by atoms with E-state index in [1.807, 2.05) is 32.2 Å². The highest BCUT2D eigenvalue weighted by Gasteiger charge is 2.36. The van der Waals surface area contributed by atoms with Gasteiger partial charge in [-0.05, 0) is 25.0 Å². The number of nitrogens with zero attached hydrogens (tertiary/aromatic N) is 4. The molecule has 0 aliphatic carbocycles. The fourth-order valence-corrected chi connectivity index (χ4v) is 3.84. The molecule has 7 nitrogen and oxygen atoms in total. The Kier molecular flexibility index (Phi) is 4.87. The molecule has 1 unspecified atom stereocenters. The van der Waals surface area contributed by atoms with Gasteiger partial charge in [0, 0.05) is 44.8 Å². The minimum atomic E-state index is -0.911. The standard InChI is InChI=1S/C21H25N5O2/c1-15-18-10-17(11-22-19(18)25(2)24-15)20(27)23-13-21(28)8-9-26(14-21)12-16-6-4-3-5-7-16/h3-7,10-11,28H,8-9,12-14H2,1-2H3,(H,23,27). The minimum absolute atomic E-state index is 0.223. The van der Waals surface area contributed by atoms with Crippen molar-refractivity contribution in [2.75, 3.05) is 19.6 Å². The van der Waals surface area contributed by atoms with E-state index in [-0.39, 0.29) is 12.5 Å². The number of β-amino-alcohol motifs (C(OH)–C–C–N with tert-alkyl or cyclic N) is 1. The molecule has 7 heteroatoms. The molecule has 1 aliphatic rings. The van der Waals surface area contributed by atoms with Gasteiger partial charge in [0.15, 0.2) is 5.65 Å². The molecule has 1 amide bonds. The first kappa shape index (κ1) is 18.6. The number of likely N-dealkylation sites (tertiary alicyclic amines) is 1. The predicted molar refractivity (Wildman–Crippen MR) is 107 cm³/mol. The van der Waals surface area contributed by atoms with Crippen molar-refractivity contribution in [3.05, 3.63) is 59.4 Å². The number of amides is 1. The third kappa shape index (κ3) is 3.76. The summed E-state index contributed by atoms with van der Waals surface area (Å²) >= 11 is 0. The molecule has 2 aromatic heterocycles. The topological polar surface area (TPSA) is 83.3 Å². The smallest absolute Gasteiger partial charge is 0.252 e. The first-order valence-electron chi connectivity index (χ1n) is 9.50. The first-order valence-corrected chi connectivity index (χ1v) is 9.50. The summed E-state index contributed by atoms with van der Waals surface area (Å²) in [6, 6.07) is 12.0. The number of carbonyl (C=O) groups is 1. The molecule has 0 saturated carbocycles. The summed E-state index contributed by atoms with van der Waals surface area (Å²) in [5, 5.41) is 18.9. The maximum Gasteiger partial charge on any atom is 0.252 e. The van der Waals surface area contributed by atoms with Gasteiger partial charge in [-0.2, -0.15) is 5.10 Å². The Morgan fingerprint density at radius 1 is 1.32 bits per heavy atom. The first-order chi connectivity index (χ1) is 13.4. The van der Waals surface area contributed by atoms with Crippen LogP contribution in [0.15, 0.2) is 42.6 Å². The van der Waals surface area contributed by atoms with Gasteiger partial charge in [0.2, 0.25) is 0 Å². The number of fused-ring (bicyclic) bond motifs is 1. The van der Waals surface area contributed by atoms with Crippen LogP contribution in [0.4, 0.5) is 0 Å². The third-order valence-corrected chi connectivity index (χ3v) is 5.36. The molecule has 1 saturated heterocycles. The summed E-state index contributed by atoms with van der Waals surface area (Å²) in [6.45, 7) is 4.28. The fourth-order valence-electron chi connectivity index (χ4n) is 3.84. The van der Waals surface area contributed by atoms with E-state index in [0.717, 1.165) is 29.8 Å². The maximum absolute atomic E-state index is 12.6. The Labute approximate surface area is 164 Å². The number of carbonyl (C=O) groups excluding carboxylic acids is 1. The molecule has 4 rings (SSSR count). The number of nitrogens with one attached hydrogen (secondary N) is 1. The number of pyridine rings is 1. The molecule has 1 atom stereocenters. The van der Waals surface area contributed by atoms with Gasteiger partial charge in [-0.1, -0.05) is 30.3 Å². The second-order valence-corrected chi connectivity index (χ2v) is 7.66. The molecule has 1 aromatic carbocycles. The minimum Gasteiger partial charge on any atom is -0.387 e. The lowest BCUT2D eigenvalue weighted by Crippen LogP contribution is -2.44. The normalized spacial score (nSPS) is 20.0. The van der Waals surface area contributed by atoms with Gasteiger partial charge < -0.3 is 10.4 Å². The summed E-state index contributed by atoms with van der Waals surface area (Å²) < 4.78 is 1.70. The van der Waals surface area contributed by atoms with Crippen molar-refractivity contribution >= 4 is 16.9 Å². The highest BCUT2D eigenvalue weighted by atomic mass is 16.3. The average molecular weight is 379 g/mol. The molecule has 3 heterocycles. The highest BCUT2D eigenvalue weighted by molar-refractivity contribution is 5.97. The maximum atomic E-state index is 12.6. The summed E-state index contributed by atoms with van der Waals surface area (Å²) in [5.74, 6) is -0.229. The summed E-state index contributed by atoms with van der Waals surface area (Å²) in [7, 11) is 1.83. The number of rotatable bonds is 5. The van der Waals surface area contributed by atoms with E-state index in [9.17, 15) is 9.90 Å². The molecule has 0 radical (unpaired) electrons. The van der Waals surface area contributed by atoms with Crippen LogP contribution >= 0.6 is 0 Å². The Hall–Kier alpha value is -2.77. The Balaban J connectivity index is 1.37. The predicted octanol–water partition coefficient (Wildman–Crippen LogP) is 1.64. The Bertz CT molecular complexity index is 1000.